The average molecular weight is 367 g/mol. The van der Waals surface area contributed by atoms with Gasteiger partial charge in [-0.2, -0.15) is 0 Å². The number of ketones is 1. The first kappa shape index (κ1) is 19.2. The molecule has 2 N–H and O–H groups in total. The molecule has 0 bridgehead atoms. The largest absolute Gasteiger partial charge is 0.372 e. The Morgan fingerprint density at radius 1 is 1.11 bits per heavy atom. The SMILES string of the molecule is CCCc1c(C(=O)Nc2ccc(N3CCCCC3)cc2)[nH]c(C)c1C(C)=O. The van der Waals surface area contributed by atoms with E-state index in [1.807, 2.05) is 26.0 Å². The Bertz CT molecular complexity index is 815. The second-order valence-corrected chi connectivity index (χ2v) is 7.33. The molecule has 0 unspecified atom stereocenters. The number of aryl methyl sites for hydroxylation is 1. The van der Waals surface area contributed by atoms with Gasteiger partial charge in [-0.1, -0.05) is 13.3 Å². The van der Waals surface area contributed by atoms with E-state index in [0.717, 1.165) is 36.5 Å². The number of Topliss-reactive ketones (excluding diaryl/α,β-unsaturated/α-hetero) is 1. The second kappa shape index (κ2) is 8.42. The lowest BCUT2D eigenvalue weighted by Crippen LogP contribution is -2.29. The van der Waals surface area contributed by atoms with Gasteiger partial charge >= 0.3 is 0 Å². The van der Waals surface area contributed by atoms with Crippen LogP contribution in [-0.4, -0.2) is 29.8 Å². The van der Waals surface area contributed by atoms with Gasteiger partial charge in [0.2, 0.25) is 0 Å². The molecule has 1 saturated heterocycles. The smallest absolute Gasteiger partial charge is 0.272 e. The van der Waals surface area contributed by atoms with Crippen molar-refractivity contribution in [2.45, 2.75) is 52.9 Å². The monoisotopic (exact) mass is 367 g/mol. The van der Waals surface area contributed by atoms with Crippen LogP contribution in [0, 0.1) is 6.92 Å². The number of piperidine rings is 1. The van der Waals surface area contributed by atoms with Crippen LogP contribution in [0.15, 0.2) is 24.3 Å². The van der Waals surface area contributed by atoms with Gasteiger partial charge < -0.3 is 15.2 Å². The van der Waals surface area contributed by atoms with Crippen LogP contribution in [0.1, 0.15) is 71.6 Å². The van der Waals surface area contributed by atoms with Crippen molar-refractivity contribution in [3.8, 4) is 0 Å². The van der Waals surface area contributed by atoms with Crippen LogP contribution in [0.3, 0.4) is 0 Å². The summed E-state index contributed by atoms with van der Waals surface area (Å²) >= 11 is 0. The summed E-state index contributed by atoms with van der Waals surface area (Å²) in [5, 5.41) is 2.97. The molecule has 144 valence electrons. The molecule has 0 atom stereocenters. The van der Waals surface area contributed by atoms with Crippen molar-refractivity contribution in [2.24, 2.45) is 0 Å². The van der Waals surface area contributed by atoms with Gasteiger partial charge in [-0.15, -0.1) is 0 Å². The van der Waals surface area contributed by atoms with Crippen molar-refractivity contribution in [3.63, 3.8) is 0 Å². The van der Waals surface area contributed by atoms with Crippen molar-refractivity contribution in [2.75, 3.05) is 23.3 Å². The van der Waals surface area contributed by atoms with E-state index < -0.39 is 0 Å². The molecule has 1 amide bonds. The summed E-state index contributed by atoms with van der Waals surface area (Å²) < 4.78 is 0. The molecule has 1 aromatic heterocycles. The molecule has 2 aromatic rings. The standard InChI is InChI=1S/C22H29N3O2/c1-4-8-19-20(16(3)26)15(2)23-21(19)22(27)24-17-9-11-18(12-10-17)25-13-6-5-7-14-25/h9-12,23H,4-8,13-14H2,1-3H3,(H,24,27). The Hall–Kier alpha value is -2.56. The van der Waals surface area contributed by atoms with Crippen molar-refractivity contribution >= 4 is 23.1 Å². The van der Waals surface area contributed by atoms with E-state index in [1.165, 1.54) is 24.9 Å². The predicted molar refractivity (Wildman–Crippen MR) is 110 cm³/mol. The summed E-state index contributed by atoms with van der Waals surface area (Å²) in [6.07, 6.45) is 5.37. The van der Waals surface area contributed by atoms with E-state index in [4.69, 9.17) is 0 Å². The number of aromatic nitrogens is 1. The molecule has 0 radical (unpaired) electrons. The molecule has 2 heterocycles. The Morgan fingerprint density at radius 3 is 2.37 bits per heavy atom. The van der Waals surface area contributed by atoms with Crippen LogP contribution in [0.25, 0.3) is 0 Å². The molecular weight excluding hydrogens is 338 g/mol. The number of benzene rings is 1. The number of rotatable bonds is 6. The van der Waals surface area contributed by atoms with E-state index in [9.17, 15) is 9.59 Å². The van der Waals surface area contributed by atoms with E-state index in [-0.39, 0.29) is 11.7 Å². The summed E-state index contributed by atoms with van der Waals surface area (Å²) in [7, 11) is 0. The number of carbonyl (C=O) groups is 2. The number of carbonyl (C=O) groups excluding carboxylic acids is 2. The van der Waals surface area contributed by atoms with Crippen molar-refractivity contribution in [3.05, 3.63) is 46.8 Å². The fraction of sp³-hybridized carbons (Fsp3) is 0.455. The highest BCUT2D eigenvalue weighted by atomic mass is 16.2. The van der Waals surface area contributed by atoms with E-state index in [1.54, 1.807) is 6.92 Å². The van der Waals surface area contributed by atoms with Gasteiger partial charge in [-0.3, -0.25) is 9.59 Å². The van der Waals surface area contributed by atoms with E-state index in [2.05, 4.69) is 27.3 Å². The molecule has 5 heteroatoms. The number of amides is 1. The van der Waals surface area contributed by atoms with Gasteiger partial charge in [0.15, 0.2) is 5.78 Å². The lowest BCUT2D eigenvalue weighted by molar-refractivity contribution is 0.101. The van der Waals surface area contributed by atoms with E-state index in [0.29, 0.717) is 17.7 Å². The molecule has 1 aromatic carbocycles. The van der Waals surface area contributed by atoms with Crippen LogP contribution in [0.4, 0.5) is 11.4 Å². The zero-order valence-corrected chi connectivity index (χ0v) is 16.5. The summed E-state index contributed by atoms with van der Waals surface area (Å²) in [4.78, 5) is 30.3. The fourth-order valence-electron chi connectivity index (χ4n) is 3.95. The number of anilines is 2. The molecule has 1 fully saturated rings. The second-order valence-electron chi connectivity index (χ2n) is 7.33. The zero-order valence-electron chi connectivity index (χ0n) is 16.5. The zero-order chi connectivity index (χ0) is 19.4. The lowest BCUT2D eigenvalue weighted by Gasteiger charge is -2.28. The Kier molecular flexibility index (Phi) is 5.99. The minimum absolute atomic E-state index is 0.00265. The molecule has 1 aliphatic heterocycles. The van der Waals surface area contributed by atoms with Crippen molar-refractivity contribution in [1.82, 2.24) is 4.98 Å². The third-order valence-corrected chi connectivity index (χ3v) is 5.22. The Balaban J connectivity index is 1.77. The minimum atomic E-state index is -0.195. The number of hydrogen-bond acceptors (Lipinski definition) is 3. The summed E-state index contributed by atoms with van der Waals surface area (Å²) in [6.45, 7) is 7.65. The van der Waals surface area contributed by atoms with Crippen LogP contribution < -0.4 is 10.2 Å². The van der Waals surface area contributed by atoms with Gasteiger partial charge in [0.1, 0.15) is 5.69 Å². The van der Waals surface area contributed by atoms with Gasteiger partial charge in [0.25, 0.3) is 5.91 Å². The van der Waals surface area contributed by atoms with Crippen LogP contribution >= 0.6 is 0 Å². The van der Waals surface area contributed by atoms with Gasteiger partial charge in [0.05, 0.1) is 0 Å². The minimum Gasteiger partial charge on any atom is -0.372 e. The van der Waals surface area contributed by atoms with Crippen LogP contribution in [0.5, 0.6) is 0 Å². The topological polar surface area (TPSA) is 65.2 Å². The third-order valence-electron chi connectivity index (χ3n) is 5.22. The molecule has 3 rings (SSSR count). The predicted octanol–water partition coefficient (Wildman–Crippen LogP) is 4.72. The lowest BCUT2D eigenvalue weighted by atomic mass is 10.0. The molecule has 27 heavy (non-hydrogen) atoms. The van der Waals surface area contributed by atoms with Crippen LogP contribution in [-0.2, 0) is 6.42 Å². The van der Waals surface area contributed by atoms with Gasteiger partial charge in [-0.05, 0) is 69.4 Å². The first-order valence-corrected chi connectivity index (χ1v) is 9.90. The fourth-order valence-corrected chi connectivity index (χ4v) is 3.95. The maximum Gasteiger partial charge on any atom is 0.272 e. The first-order valence-electron chi connectivity index (χ1n) is 9.90. The highest BCUT2D eigenvalue weighted by molar-refractivity contribution is 6.07. The average Bonchev–Trinajstić information content (AvgIpc) is 3.00. The van der Waals surface area contributed by atoms with Crippen LogP contribution in [0.2, 0.25) is 0 Å². The molecule has 1 aliphatic rings. The molecule has 0 spiro atoms. The highest BCUT2D eigenvalue weighted by Crippen LogP contribution is 2.24. The van der Waals surface area contributed by atoms with Gasteiger partial charge in [0, 0.05) is 35.7 Å². The molecular formula is C22H29N3O2. The van der Waals surface area contributed by atoms with Crippen molar-refractivity contribution < 1.29 is 9.59 Å². The maximum absolute atomic E-state index is 12.8. The Labute approximate surface area is 161 Å². The highest BCUT2D eigenvalue weighted by Gasteiger charge is 2.22. The van der Waals surface area contributed by atoms with Crippen molar-refractivity contribution in [1.29, 1.82) is 0 Å². The van der Waals surface area contributed by atoms with E-state index >= 15 is 0 Å². The maximum atomic E-state index is 12.8. The molecule has 5 nitrogen and oxygen atoms in total. The van der Waals surface area contributed by atoms with Gasteiger partial charge in [-0.25, -0.2) is 0 Å². The molecule has 0 aliphatic carbocycles. The quantitative estimate of drug-likeness (QED) is 0.726. The number of H-pyrrole nitrogens is 1. The number of nitrogens with one attached hydrogen (secondary N) is 2. The number of hydrogen-bond donors (Lipinski definition) is 2. The number of nitrogens with zero attached hydrogens (tertiary/aromatic N) is 1. The summed E-state index contributed by atoms with van der Waals surface area (Å²) in [5.74, 6) is -0.197. The first-order chi connectivity index (χ1) is 13.0. The number of aromatic amines is 1. The normalized spacial score (nSPS) is 14.3. The summed E-state index contributed by atoms with van der Waals surface area (Å²) in [5.41, 5.74) is 4.71. The third kappa shape index (κ3) is 4.24. The molecule has 0 saturated carbocycles. The summed E-state index contributed by atoms with van der Waals surface area (Å²) in [6, 6.07) is 8.02. The Morgan fingerprint density at radius 2 is 1.78 bits per heavy atom.